The van der Waals surface area contributed by atoms with Crippen LogP contribution in [0.5, 0.6) is 0 Å². The molecular formula is C46H56O4. The van der Waals surface area contributed by atoms with E-state index in [1.54, 1.807) is 11.1 Å². The van der Waals surface area contributed by atoms with Crippen LogP contribution in [0.1, 0.15) is 129 Å². The molecule has 1 aromatic heterocycles. The van der Waals surface area contributed by atoms with E-state index in [9.17, 15) is 14.4 Å². The molecule has 0 aliphatic heterocycles. The molecule has 0 fully saturated rings. The lowest BCUT2D eigenvalue weighted by Gasteiger charge is -2.32. The number of rotatable bonds is 6. The van der Waals surface area contributed by atoms with Crippen LogP contribution in [-0.4, -0.2) is 17.3 Å². The van der Waals surface area contributed by atoms with Crippen molar-refractivity contribution in [2.24, 2.45) is 5.92 Å². The minimum absolute atomic E-state index is 0.0642. The minimum Gasteiger partial charge on any atom is -0.457 e. The number of hydrogen-bond donors (Lipinski definition) is 0. The van der Waals surface area contributed by atoms with Crippen LogP contribution in [0.25, 0.3) is 10.8 Å². The van der Waals surface area contributed by atoms with Gasteiger partial charge in [0.25, 0.3) is 0 Å². The number of carbonyl (C=O) groups is 3. The quantitative estimate of drug-likeness (QED) is 0.168. The number of carbonyl (C=O) groups excluding carboxylic acids is 3. The fourth-order valence-corrected chi connectivity index (χ4v) is 6.47. The molecule has 0 radical (unpaired) electrons. The fraction of sp³-hybridized carbons (Fsp3) is 0.370. The standard InChI is InChI=1S/C16H24.C13H10O.C12H12O2.C5H10O/c1-10-8-13-14(9-11(10)2)16(6,7)12(3)15(13,4)5;14-13(11-7-3-1-4-8-11)12-9-5-2-6-10-12;1-3-11(13)12-10-7-5-4-6-9(10)8(2)14-12;1-3-5(6)4-2/h8-9,12H,1-7H3;1-10H;4-7H,3H2,1-2H3;3-4H2,1-2H3. The fourth-order valence-electron chi connectivity index (χ4n) is 6.47. The van der Waals surface area contributed by atoms with Gasteiger partial charge in [-0.05, 0) is 59.8 Å². The Hall–Kier alpha value is -4.57. The van der Waals surface area contributed by atoms with Crippen molar-refractivity contribution >= 4 is 28.1 Å². The zero-order valence-electron chi connectivity index (χ0n) is 32.1. The van der Waals surface area contributed by atoms with Crippen molar-refractivity contribution in [2.75, 3.05) is 0 Å². The summed E-state index contributed by atoms with van der Waals surface area (Å²) in [5.74, 6) is 2.49. The maximum Gasteiger partial charge on any atom is 0.198 e. The molecule has 1 aliphatic rings. The van der Waals surface area contributed by atoms with E-state index in [-0.39, 0.29) is 11.6 Å². The minimum atomic E-state index is 0.0642. The molecule has 1 aliphatic carbocycles. The predicted octanol–water partition coefficient (Wildman–Crippen LogP) is 12.1. The number of ketones is 3. The van der Waals surface area contributed by atoms with Crippen molar-refractivity contribution in [3.8, 4) is 0 Å². The lowest BCUT2D eigenvalue weighted by molar-refractivity contribution is -0.118. The van der Waals surface area contributed by atoms with E-state index < -0.39 is 0 Å². The van der Waals surface area contributed by atoms with E-state index >= 15 is 0 Å². The summed E-state index contributed by atoms with van der Waals surface area (Å²) in [4.78, 5) is 33.6. The molecule has 4 heteroatoms. The van der Waals surface area contributed by atoms with Crippen molar-refractivity contribution in [3.05, 3.63) is 142 Å². The second-order valence-electron chi connectivity index (χ2n) is 14.3. The van der Waals surface area contributed by atoms with Gasteiger partial charge < -0.3 is 4.42 Å². The highest BCUT2D eigenvalue weighted by atomic mass is 16.3. The summed E-state index contributed by atoms with van der Waals surface area (Å²) in [5, 5.41) is 1.96. The van der Waals surface area contributed by atoms with E-state index in [1.165, 1.54) is 11.1 Å². The molecule has 6 rings (SSSR count). The van der Waals surface area contributed by atoms with Gasteiger partial charge in [-0.25, -0.2) is 0 Å². The third kappa shape index (κ3) is 9.15. The summed E-state index contributed by atoms with van der Waals surface area (Å²) in [6.07, 6.45) is 1.87. The van der Waals surface area contributed by atoms with Gasteiger partial charge >= 0.3 is 0 Å². The van der Waals surface area contributed by atoms with Crippen molar-refractivity contribution < 1.29 is 18.8 Å². The Morgan fingerprint density at radius 1 is 0.600 bits per heavy atom. The smallest absolute Gasteiger partial charge is 0.198 e. The molecule has 4 nitrogen and oxygen atoms in total. The van der Waals surface area contributed by atoms with E-state index in [1.807, 2.05) is 113 Å². The zero-order chi connectivity index (χ0) is 37.2. The average molecular weight is 673 g/mol. The average Bonchev–Trinajstić information content (AvgIpc) is 3.53. The van der Waals surface area contributed by atoms with Crippen molar-refractivity contribution in [3.63, 3.8) is 0 Å². The third-order valence-electron chi connectivity index (χ3n) is 10.4. The van der Waals surface area contributed by atoms with E-state index in [2.05, 4.69) is 60.6 Å². The molecule has 264 valence electrons. The highest BCUT2D eigenvalue weighted by Crippen LogP contribution is 2.53. The highest BCUT2D eigenvalue weighted by molar-refractivity contribution is 6.09. The monoisotopic (exact) mass is 672 g/mol. The molecular weight excluding hydrogens is 617 g/mol. The molecule has 0 unspecified atom stereocenters. The van der Waals surface area contributed by atoms with E-state index in [0.717, 1.165) is 27.7 Å². The molecule has 50 heavy (non-hydrogen) atoms. The molecule has 0 N–H and O–H groups in total. The van der Waals surface area contributed by atoms with Gasteiger partial charge in [-0.3, -0.25) is 14.4 Å². The van der Waals surface area contributed by atoms with Crippen LogP contribution in [0.4, 0.5) is 0 Å². The van der Waals surface area contributed by atoms with E-state index in [4.69, 9.17) is 4.42 Å². The summed E-state index contributed by atoms with van der Waals surface area (Å²) in [6, 6.07) is 31.2. The maximum atomic E-state index is 11.8. The summed E-state index contributed by atoms with van der Waals surface area (Å²) in [7, 11) is 0. The maximum absolute atomic E-state index is 11.8. The van der Waals surface area contributed by atoms with Crippen molar-refractivity contribution in [1.82, 2.24) is 0 Å². The molecule has 0 amide bonds. The second kappa shape index (κ2) is 17.4. The molecule has 0 bridgehead atoms. The Morgan fingerprint density at radius 2 is 1.00 bits per heavy atom. The first-order chi connectivity index (χ1) is 23.6. The Bertz CT molecular complexity index is 1800. The lowest BCUT2D eigenvalue weighted by atomic mass is 9.71. The molecule has 1 heterocycles. The number of Topliss-reactive ketones (excluding diaryl/α,β-unsaturated/α-hetero) is 2. The number of fused-ring (bicyclic) bond motifs is 2. The summed E-state index contributed by atoms with van der Waals surface area (Å²) >= 11 is 0. The summed E-state index contributed by atoms with van der Waals surface area (Å²) in [6.45, 7) is 23.9. The Morgan fingerprint density at radius 3 is 1.38 bits per heavy atom. The van der Waals surface area contributed by atoms with Gasteiger partial charge in [0, 0.05) is 41.2 Å². The Kier molecular flexibility index (Phi) is 13.9. The van der Waals surface area contributed by atoms with Crippen LogP contribution in [0, 0.1) is 26.7 Å². The zero-order valence-corrected chi connectivity index (χ0v) is 32.1. The summed E-state index contributed by atoms with van der Waals surface area (Å²) < 4.78 is 5.47. The van der Waals surface area contributed by atoms with Crippen molar-refractivity contribution in [1.29, 1.82) is 0 Å². The van der Waals surface area contributed by atoms with Crippen LogP contribution in [0.3, 0.4) is 0 Å². The predicted molar refractivity (Wildman–Crippen MR) is 209 cm³/mol. The largest absolute Gasteiger partial charge is 0.457 e. The number of aryl methyl sites for hydroxylation is 3. The second-order valence-corrected chi connectivity index (χ2v) is 14.3. The molecule has 0 spiro atoms. The number of furan rings is 1. The van der Waals surface area contributed by atoms with Crippen LogP contribution in [0.2, 0.25) is 0 Å². The molecule has 0 saturated carbocycles. The SMILES string of the molecule is CCC(=O)CC.CCC(=O)c1oc(C)c2ccccc12.Cc1cc2c(cc1C)C(C)(C)C(C)C2(C)C.O=C(c1ccccc1)c1ccccc1. The van der Waals surface area contributed by atoms with Crippen LogP contribution in [0.15, 0.2) is 101 Å². The van der Waals surface area contributed by atoms with Gasteiger partial charge in [-0.1, -0.05) is 152 Å². The topological polar surface area (TPSA) is 64.3 Å². The Balaban J connectivity index is 0.000000188. The lowest BCUT2D eigenvalue weighted by Crippen LogP contribution is -2.30. The molecule has 0 saturated heterocycles. The third-order valence-corrected chi connectivity index (χ3v) is 10.4. The number of hydrogen-bond acceptors (Lipinski definition) is 4. The normalized spacial score (nSPS) is 13.8. The highest BCUT2D eigenvalue weighted by Gasteiger charge is 2.48. The van der Waals surface area contributed by atoms with Gasteiger partial charge in [-0.2, -0.15) is 0 Å². The first-order valence-corrected chi connectivity index (χ1v) is 17.9. The van der Waals surface area contributed by atoms with E-state index in [0.29, 0.717) is 47.6 Å². The first-order valence-electron chi connectivity index (χ1n) is 17.9. The molecule has 5 aromatic rings. The number of benzene rings is 4. The first kappa shape index (κ1) is 39.9. The molecule has 4 aromatic carbocycles. The van der Waals surface area contributed by atoms with Crippen molar-refractivity contribution in [2.45, 2.75) is 106 Å². The van der Waals surface area contributed by atoms with Gasteiger partial charge in [0.2, 0.25) is 0 Å². The van der Waals surface area contributed by atoms with Gasteiger partial charge in [0.05, 0.1) is 0 Å². The van der Waals surface area contributed by atoms with Crippen LogP contribution in [-0.2, 0) is 15.6 Å². The van der Waals surface area contributed by atoms with Gasteiger partial charge in [0.15, 0.2) is 17.3 Å². The molecule has 0 atom stereocenters. The van der Waals surface area contributed by atoms with Crippen LogP contribution < -0.4 is 0 Å². The van der Waals surface area contributed by atoms with Gasteiger partial charge in [-0.15, -0.1) is 0 Å². The Labute approximate surface area is 300 Å². The summed E-state index contributed by atoms with van der Waals surface area (Å²) in [5.41, 5.74) is 8.06. The van der Waals surface area contributed by atoms with Gasteiger partial charge in [0.1, 0.15) is 11.5 Å². The van der Waals surface area contributed by atoms with Crippen LogP contribution >= 0.6 is 0 Å².